The van der Waals surface area contributed by atoms with Crippen LogP contribution in [0.4, 0.5) is 0 Å². The summed E-state index contributed by atoms with van der Waals surface area (Å²) in [6.45, 7) is 6.42. The third-order valence-electron chi connectivity index (χ3n) is 7.28. The van der Waals surface area contributed by atoms with Gasteiger partial charge in [-0.15, -0.1) is 0 Å². The van der Waals surface area contributed by atoms with Crippen molar-refractivity contribution in [1.29, 1.82) is 0 Å². The molecule has 0 spiro atoms. The van der Waals surface area contributed by atoms with Crippen LogP contribution in [-0.4, -0.2) is 60.3 Å². The molecule has 0 saturated carbocycles. The maximum Gasteiger partial charge on any atom is 0.271 e. The molecule has 12 nitrogen and oxygen atoms in total. The first kappa shape index (κ1) is 36.5. The minimum Gasteiger partial charge on any atom is -0.484 e. The predicted octanol–water partition coefficient (Wildman–Crippen LogP) is 5.65. The second-order valence-electron chi connectivity index (χ2n) is 10.8. The van der Waals surface area contributed by atoms with Crippen LogP contribution in [0.3, 0.4) is 0 Å². The van der Waals surface area contributed by atoms with E-state index in [1.807, 2.05) is 62.4 Å². The number of aromatic nitrogens is 2. The smallest absolute Gasteiger partial charge is 0.271 e. The van der Waals surface area contributed by atoms with Gasteiger partial charge in [-0.2, -0.15) is 0 Å². The Labute approximate surface area is 300 Å². The molecule has 4 amide bonds. The lowest BCUT2D eigenvalue weighted by Crippen LogP contribution is -2.30. The lowest BCUT2D eigenvalue weighted by atomic mass is 10.1. The van der Waals surface area contributed by atoms with Crippen LogP contribution in [0.1, 0.15) is 92.5 Å². The Kier molecular flexibility index (Phi) is 13.1. The molecule has 0 aliphatic carbocycles. The second kappa shape index (κ2) is 17.2. The van der Waals surface area contributed by atoms with Gasteiger partial charge in [-0.3, -0.25) is 19.2 Å². The maximum atomic E-state index is 13.2. The van der Waals surface area contributed by atoms with Gasteiger partial charge >= 0.3 is 0 Å². The molecule has 0 radical (unpaired) electrons. The molecule has 2 aromatic carbocycles. The van der Waals surface area contributed by atoms with Gasteiger partial charge in [0.05, 0.1) is 0 Å². The van der Waals surface area contributed by atoms with Gasteiger partial charge in [0.15, 0.2) is 11.5 Å². The molecule has 2 aromatic heterocycles. The summed E-state index contributed by atoms with van der Waals surface area (Å²) in [5, 5.41) is 10.9. The van der Waals surface area contributed by atoms with E-state index in [1.165, 1.54) is 19.2 Å². The standard InChI is InChI=1S/C34H38BrIN6O6/c1-5-38-31(43)25-17-28(48-20(3)22-9-13-24(36)14-10-22)30(42-25)34(46)40-16-6-15-39-32(44)26-18-27(29(41-26)33(45)37-4)47-19(2)21-7-11-23(35)12-8-21/h7-14,17-20,41-42H,5-6,15-16H2,1-4H3,(H,37,45)(H,38,43)(H,39,44)(H,40,46). The van der Waals surface area contributed by atoms with Crippen LogP contribution in [-0.2, 0) is 0 Å². The molecule has 4 rings (SSSR count). The Bertz CT molecular complexity index is 1740. The molecular weight excluding hydrogens is 795 g/mol. The molecule has 2 heterocycles. The van der Waals surface area contributed by atoms with Crippen LogP contribution < -0.4 is 30.7 Å². The van der Waals surface area contributed by atoms with Gasteiger partial charge in [0.25, 0.3) is 23.6 Å². The van der Waals surface area contributed by atoms with Crippen molar-refractivity contribution >= 4 is 62.1 Å². The zero-order valence-corrected chi connectivity index (χ0v) is 30.7. The number of ether oxygens (including phenoxy) is 2. The minimum atomic E-state index is -0.456. The molecule has 2 unspecified atom stereocenters. The number of carbonyl (C=O) groups excluding carboxylic acids is 4. The maximum absolute atomic E-state index is 13.2. The van der Waals surface area contributed by atoms with Gasteiger partial charge in [-0.05, 0) is 85.2 Å². The third kappa shape index (κ3) is 9.62. The van der Waals surface area contributed by atoms with Gasteiger partial charge < -0.3 is 40.7 Å². The highest BCUT2D eigenvalue weighted by molar-refractivity contribution is 14.1. The summed E-state index contributed by atoms with van der Waals surface area (Å²) < 4.78 is 14.2. The Morgan fingerprint density at radius 3 is 1.69 bits per heavy atom. The van der Waals surface area contributed by atoms with E-state index in [9.17, 15) is 19.2 Å². The number of halogens is 2. The monoisotopic (exact) mass is 832 g/mol. The summed E-state index contributed by atoms with van der Waals surface area (Å²) >= 11 is 5.64. The van der Waals surface area contributed by atoms with Crippen molar-refractivity contribution < 1.29 is 28.7 Å². The van der Waals surface area contributed by atoms with E-state index in [-0.39, 0.29) is 65.5 Å². The molecule has 2 atom stereocenters. The molecule has 0 aliphatic heterocycles. The normalized spacial score (nSPS) is 12.0. The number of hydrogen-bond acceptors (Lipinski definition) is 6. The zero-order chi connectivity index (χ0) is 34.8. The molecular formula is C34H38BrIN6O6. The van der Waals surface area contributed by atoms with Gasteiger partial charge in [0.1, 0.15) is 35.0 Å². The van der Waals surface area contributed by atoms with E-state index in [0.717, 1.165) is 19.2 Å². The highest BCUT2D eigenvalue weighted by Gasteiger charge is 2.23. The lowest BCUT2D eigenvalue weighted by Gasteiger charge is -2.15. The topological polar surface area (TPSA) is 166 Å². The first-order chi connectivity index (χ1) is 23.0. The van der Waals surface area contributed by atoms with Crippen LogP contribution in [0.25, 0.3) is 0 Å². The quantitative estimate of drug-likeness (QED) is 0.0670. The fourth-order valence-corrected chi connectivity index (χ4v) is 5.30. The van der Waals surface area contributed by atoms with Crippen molar-refractivity contribution in [2.24, 2.45) is 0 Å². The van der Waals surface area contributed by atoms with E-state index >= 15 is 0 Å². The summed E-state index contributed by atoms with van der Waals surface area (Å²) in [7, 11) is 1.49. The van der Waals surface area contributed by atoms with Gasteiger partial charge in [-0.1, -0.05) is 40.2 Å². The van der Waals surface area contributed by atoms with Crippen LogP contribution in [0, 0.1) is 3.57 Å². The number of carbonyl (C=O) groups is 4. The van der Waals surface area contributed by atoms with Crippen molar-refractivity contribution in [3.8, 4) is 11.5 Å². The van der Waals surface area contributed by atoms with Crippen LogP contribution in [0.15, 0.2) is 65.1 Å². The Morgan fingerprint density at radius 2 is 1.19 bits per heavy atom. The molecule has 0 aliphatic rings. The number of nitrogens with one attached hydrogen (secondary N) is 6. The number of amides is 4. The summed E-state index contributed by atoms with van der Waals surface area (Å²) in [6.07, 6.45) is -0.359. The number of hydrogen-bond donors (Lipinski definition) is 6. The highest BCUT2D eigenvalue weighted by Crippen LogP contribution is 2.29. The molecule has 4 aromatic rings. The molecule has 14 heteroatoms. The summed E-state index contributed by atoms with van der Waals surface area (Å²) in [5.74, 6) is -1.18. The fourth-order valence-electron chi connectivity index (χ4n) is 4.68. The SMILES string of the molecule is CCNC(=O)c1cc(OC(C)c2ccc(I)cc2)c(C(=O)NCCCNC(=O)c2cc(OC(C)c3ccc(Br)cc3)c(C(=O)NC)[nH]2)[nH]1. The average molecular weight is 834 g/mol. The fraction of sp³-hybridized carbons (Fsp3) is 0.294. The number of H-pyrrole nitrogens is 2. The van der Waals surface area contributed by atoms with E-state index < -0.39 is 17.7 Å². The summed E-state index contributed by atoms with van der Waals surface area (Å²) in [5.41, 5.74) is 2.43. The minimum absolute atomic E-state index is 0.121. The number of aromatic amines is 2. The molecule has 0 saturated heterocycles. The molecule has 6 N–H and O–H groups in total. The van der Waals surface area contributed by atoms with Crippen molar-refractivity contribution in [1.82, 2.24) is 31.2 Å². The van der Waals surface area contributed by atoms with Crippen LogP contribution >= 0.6 is 38.5 Å². The van der Waals surface area contributed by atoms with Crippen molar-refractivity contribution in [2.75, 3.05) is 26.7 Å². The molecule has 48 heavy (non-hydrogen) atoms. The zero-order valence-electron chi connectivity index (χ0n) is 27.0. The van der Waals surface area contributed by atoms with Gasteiger partial charge in [-0.25, -0.2) is 0 Å². The summed E-state index contributed by atoms with van der Waals surface area (Å²) in [6, 6.07) is 18.4. The van der Waals surface area contributed by atoms with Crippen LogP contribution in [0.2, 0.25) is 0 Å². The Balaban J connectivity index is 1.35. The van der Waals surface area contributed by atoms with E-state index in [4.69, 9.17) is 9.47 Å². The third-order valence-corrected chi connectivity index (χ3v) is 8.53. The van der Waals surface area contributed by atoms with Crippen molar-refractivity contribution in [2.45, 2.75) is 39.4 Å². The largest absolute Gasteiger partial charge is 0.484 e. The predicted molar refractivity (Wildman–Crippen MR) is 194 cm³/mol. The lowest BCUT2D eigenvalue weighted by molar-refractivity contribution is 0.0935. The Hall–Kier alpha value is -4.31. The summed E-state index contributed by atoms with van der Waals surface area (Å²) in [4.78, 5) is 56.9. The van der Waals surface area contributed by atoms with Gasteiger partial charge in [0.2, 0.25) is 0 Å². The van der Waals surface area contributed by atoms with Gasteiger partial charge in [0, 0.05) is 46.9 Å². The van der Waals surface area contributed by atoms with E-state index in [1.54, 1.807) is 6.92 Å². The van der Waals surface area contributed by atoms with Crippen molar-refractivity contribution in [3.05, 3.63) is 103 Å². The Morgan fingerprint density at radius 1 is 0.729 bits per heavy atom. The number of rotatable bonds is 15. The molecule has 0 bridgehead atoms. The first-order valence-electron chi connectivity index (χ1n) is 15.4. The highest BCUT2D eigenvalue weighted by atomic mass is 127. The molecule has 0 fully saturated rings. The first-order valence-corrected chi connectivity index (χ1v) is 17.2. The van der Waals surface area contributed by atoms with Crippen LogP contribution in [0.5, 0.6) is 11.5 Å². The van der Waals surface area contributed by atoms with Crippen molar-refractivity contribution in [3.63, 3.8) is 0 Å². The number of benzene rings is 2. The van der Waals surface area contributed by atoms with E-state index in [2.05, 4.69) is 69.8 Å². The average Bonchev–Trinajstić information content (AvgIpc) is 3.69. The second-order valence-corrected chi connectivity index (χ2v) is 12.9. The van der Waals surface area contributed by atoms with E-state index in [0.29, 0.717) is 13.0 Å². The molecule has 254 valence electrons.